The summed E-state index contributed by atoms with van der Waals surface area (Å²) in [5.41, 5.74) is 2.93. The van der Waals surface area contributed by atoms with Crippen LogP contribution in [0, 0.1) is 0 Å². The van der Waals surface area contributed by atoms with Crippen LogP contribution in [0.5, 0.6) is 0 Å². The van der Waals surface area contributed by atoms with Crippen LogP contribution in [0.25, 0.3) is 0 Å². The molecule has 0 fully saturated rings. The Labute approximate surface area is 91.3 Å². The van der Waals surface area contributed by atoms with Crippen molar-refractivity contribution in [2.24, 2.45) is 0 Å². The van der Waals surface area contributed by atoms with E-state index in [1.165, 1.54) is 24.0 Å². The van der Waals surface area contributed by atoms with E-state index in [9.17, 15) is 5.11 Å². The minimum Gasteiger partial charge on any atom is -0.393 e. The van der Waals surface area contributed by atoms with Crippen molar-refractivity contribution >= 4 is 0 Å². The predicted molar refractivity (Wildman–Crippen MR) is 61.8 cm³/mol. The molecule has 0 amide bonds. The molecule has 2 nitrogen and oxygen atoms in total. The van der Waals surface area contributed by atoms with E-state index in [0.717, 1.165) is 13.0 Å². The lowest BCUT2D eigenvalue weighted by Crippen LogP contribution is -2.23. The highest BCUT2D eigenvalue weighted by Crippen LogP contribution is 2.30. The van der Waals surface area contributed by atoms with Gasteiger partial charge in [0.1, 0.15) is 0 Å². The smallest absolute Gasteiger partial charge is 0.0524 e. The standard InChI is InChI=1S/C13H19NO/c1-10(15)8-9-14-13-7-6-11-4-2-3-5-12(11)13/h2-5,10,13-15H,6-9H2,1H3/t10-,13+/m1/s1. The Kier molecular flexibility index (Phi) is 3.39. The summed E-state index contributed by atoms with van der Waals surface area (Å²) in [6.45, 7) is 2.74. The van der Waals surface area contributed by atoms with Crippen LogP contribution in [-0.2, 0) is 6.42 Å². The topological polar surface area (TPSA) is 32.3 Å². The molecule has 2 rings (SSSR count). The molecule has 0 bridgehead atoms. The zero-order chi connectivity index (χ0) is 10.7. The molecule has 1 aromatic rings. The first kappa shape index (κ1) is 10.7. The molecule has 82 valence electrons. The van der Waals surface area contributed by atoms with E-state index in [0.29, 0.717) is 6.04 Å². The fraction of sp³-hybridized carbons (Fsp3) is 0.538. The summed E-state index contributed by atoms with van der Waals surface area (Å²) >= 11 is 0. The van der Waals surface area contributed by atoms with E-state index in [2.05, 4.69) is 29.6 Å². The van der Waals surface area contributed by atoms with Gasteiger partial charge in [-0.1, -0.05) is 24.3 Å². The van der Waals surface area contributed by atoms with E-state index >= 15 is 0 Å². The van der Waals surface area contributed by atoms with Gasteiger partial charge in [-0.25, -0.2) is 0 Å². The second-order valence-corrected chi connectivity index (χ2v) is 4.38. The van der Waals surface area contributed by atoms with Crippen LogP contribution in [-0.4, -0.2) is 17.8 Å². The number of rotatable bonds is 4. The van der Waals surface area contributed by atoms with E-state index in [1.54, 1.807) is 0 Å². The van der Waals surface area contributed by atoms with Gasteiger partial charge >= 0.3 is 0 Å². The molecule has 2 heteroatoms. The molecule has 0 aromatic heterocycles. The van der Waals surface area contributed by atoms with E-state index < -0.39 is 0 Å². The van der Waals surface area contributed by atoms with Gasteiger partial charge in [0.05, 0.1) is 6.10 Å². The predicted octanol–water partition coefficient (Wildman–Crippen LogP) is 2.03. The number of nitrogens with one attached hydrogen (secondary N) is 1. The maximum atomic E-state index is 9.18. The first-order valence-corrected chi connectivity index (χ1v) is 5.76. The normalized spacial score (nSPS) is 21.3. The van der Waals surface area contributed by atoms with Crippen LogP contribution in [0.3, 0.4) is 0 Å². The molecule has 1 aromatic carbocycles. The molecular formula is C13H19NO. The lowest BCUT2D eigenvalue weighted by atomic mass is 10.1. The van der Waals surface area contributed by atoms with Crippen molar-refractivity contribution in [1.29, 1.82) is 0 Å². The Bertz CT molecular complexity index is 322. The van der Waals surface area contributed by atoms with Gasteiger partial charge in [0.25, 0.3) is 0 Å². The molecule has 2 N–H and O–H groups in total. The summed E-state index contributed by atoms with van der Waals surface area (Å²) < 4.78 is 0. The fourth-order valence-electron chi connectivity index (χ4n) is 2.24. The number of benzene rings is 1. The Balaban J connectivity index is 1.90. The molecule has 0 radical (unpaired) electrons. The van der Waals surface area contributed by atoms with Gasteiger partial charge in [0, 0.05) is 6.04 Å². The van der Waals surface area contributed by atoms with E-state index in [4.69, 9.17) is 0 Å². The number of fused-ring (bicyclic) bond motifs is 1. The highest BCUT2D eigenvalue weighted by molar-refractivity contribution is 5.34. The zero-order valence-electron chi connectivity index (χ0n) is 9.24. The van der Waals surface area contributed by atoms with Crippen molar-refractivity contribution < 1.29 is 5.11 Å². The van der Waals surface area contributed by atoms with Crippen molar-refractivity contribution in [3.63, 3.8) is 0 Å². The lowest BCUT2D eigenvalue weighted by molar-refractivity contribution is 0.182. The largest absolute Gasteiger partial charge is 0.393 e. The number of aliphatic hydroxyl groups excluding tert-OH is 1. The molecular weight excluding hydrogens is 186 g/mol. The molecule has 15 heavy (non-hydrogen) atoms. The first-order valence-electron chi connectivity index (χ1n) is 5.76. The summed E-state index contributed by atoms with van der Waals surface area (Å²) in [7, 11) is 0. The van der Waals surface area contributed by atoms with Crippen LogP contribution >= 0.6 is 0 Å². The van der Waals surface area contributed by atoms with Crippen LogP contribution in [0.2, 0.25) is 0 Å². The Morgan fingerprint density at radius 2 is 2.27 bits per heavy atom. The molecule has 0 unspecified atom stereocenters. The van der Waals surface area contributed by atoms with Crippen LogP contribution in [0.15, 0.2) is 24.3 Å². The zero-order valence-corrected chi connectivity index (χ0v) is 9.24. The quantitative estimate of drug-likeness (QED) is 0.788. The van der Waals surface area contributed by atoms with Crippen molar-refractivity contribution in [2.75, 3.05) is 6.54 Å². The van der Waals surface area contributed by atoms with E-state index in [-0.39, 0.29) is 6.10 Å². The molecule has 0 saturated heterocycles. The van der Waals surface area contributed by atoms with Crippen LogP contribution < -0.4 is 5.32 Å². The number of hydrogen-bond donors (Lipinski definition) is 2. The molecule has 0 spiro atoms. The average molecular weight is 205 g/mol. The molecule has 1 aliphatic rings. The van der Waals surface area contributed by atoms with Gasteiger partial charge < -0.3 is 10.4 Å². The third-order valence-corrected chi connectivity index (χ3v) is 3.09. The van der Waals surface area contributed by atoms with Gasteiger partial charge in [-0.15, -0.1) is 0 Å². The number of hydrogen-bond acceptors (Lipinski definition) is 2. The van der Waals surface area contributed by atoms with Gasteiger partial charge in [-0.3, -0.25) is 0 Å². The van der Waals surface area contributed by atoms with Crippen molar-refractivity contribution in [2.45, 2.75) is 38.3 Å². The molecule has 0 aliphatic heterocycles. The second kappa shape index (κ2) is 4.77. The highest BCUT2D eigenvalue weighted by Gasteiger charge is 2.20. The fourth-order valence-corrected chi connectivity index (χ4v) is 2.24. The SMILES string of the molecule is C[C@@H](O)CCN[C@H]1CCc2ccccc21. The summed E-state index contributed by atoms with van der Waals surface area (Å²) in [5, 5.41) is 12.7. The first-order chi connectivity index (χ1) is 7.27. The molecule has 1 aliphatic carbocycles. The maximum Gasteiger partial charge on any atom is 0.0524 e. The van der Waals surface area contributed by atoms with Crippen LogP contribution in [0.4, 0.5) is 0 Å². The monoisotopic (exact) mass is 205 g/mol. The van der Waals surface area contributed by atoms with Gasteiger partial charge in [-0.05, 0) is 43.9 Å². The average Bonchev–Trinajstić information content (AvgIpc) is 2.62. The molecule has 0 saturated carbocycles. The minimum atomic E-state index is -0.200. The number of aliphatic hydroxyl groups is 1. The highest BCUT2D eigenvalue weighted by atomic mass is 16.3. The van der Waals surface area contributed by atoms with Crippen molar-refractivity contribution in [3.05, 3.63) is 35.4 Å². The van der Waals surface area contributed by atoms with Gasteiger partial charge in [-0.2, -0.15) is 0 Å². The summed E-state index contributed by atoms with van der Waals surface area (Å²) in [4.78, 5) is 0. The Hall–Kier alpha value is -0.860. The van der Waals surface area contributed by atoms with Crippen molar-refractivity contribution in [3.8, 4) is 0 Å². The van der Waals surface area contributed by atoms with E-state index in [1.807, 2.05) is 6.92 Å². The second-order valence-electron chi connectivity index (χ2n) is 4.38. The molecule has 2 atom stereocenters. The number of aryl methyl sites for hydroxylation is 1. The van der Waals surface area contributed by atoms with Gasteiger partial charge in [0.2, 0.25) is 0 Å². The summed E-state index contributed by atoms with van der Waals surface area (Å²) in [6.07, 6.45) is 3.01. The van der Waals surface area contributed by atoms with Crippen LogP contribution in [0.1, 0.15) is 36.9 Å². The van der Waals surface area contributed by atoms with Gasteiger partial charge in [0.15, 0.2) is 0 Å². The molecule has 0 heterocycles. The van der Waals surface area contributed by atoms with Crippen molar-refractivity contribution in [1.82, 2.24) is 5.32 Å². The summed E-state index contributed by atoms with van der Waals surface area (Å²) in [5.74, 6) is 0. The third kappa shape index (κ3) is 2.58. The Morgan fingerprint density at radius 1 is 1.47 bits per heavy atom. The Morgan fingerprint density at radius 3 is 3.07 bits per heavy atom. The maximum absolute atomic E-state index is 9.18. The minimum absolute atomic E-state index is 0.200. The lowest BCUT2D eigenvalue weighted by Gasteiger charge is -2.14. The third-order valence-electron chi connectivity index (χ3n) is 3.09. The summed E-state index contributed by atoms with van der Waals surface area (Å²) in [6, 6.07) is 9.14.